The first-order chi connectivity index (χ1) is 18.2. The van der Waals surface area contributed by atoms with Crippen molar-refractivity contribution in [3.8, 4) is 0 Å². The van der Waals surface area contributed by atoms with Gasteiger partial charge in [0, 0.05) is 49.2 Å². The van der Waals surface area contributed by atoms with Crippen LogP contribution in [0.15, 0.2) is 72.8 Å². The molecule has 0 aromatic heterocycles. The third kappa shape index (κ3) is 6.37. The number of carbonyl (C=O) groups excluding carboxylic acids is 3. The van der Waals surface area contributed by atoms with Gasteiger partial charge in [-0.1, -0.05) is 29.8 Å². The molecule has 8 heteroatoms. The molecule has 198 valence electrons. The Kier molecular flexibility index (Phi) is 8.41. The predicted octanol–water partition coefficient (Wildman–Crippen LogP) is 4.59. The van der Waals surface area contributed by atoms with Gasteiger partial charge in [-0.05, 0) is 69.3 Å². The van der Waals surface area contributed by atoms with Gasteiger partial charge in [0.1, 0.15) is 12.4 Å². The third-order valence-electron chi connectivity index (χ3n) is 6.68. The first-order valence-electron chi connectivity index (χ1n) is 12.8. The van der Waals surface area contributed by atoms with E-state index in [9.17, 15) is 18.8 Å². The van der Waals surface area contributed by atoms with E-state index in [2.05, 4.69) is 10.2 Å². The monoisotopic (exact) mass is 516 g/mol. The van der Waals surface area contributed by atoms with E-state index in [-0.39, 0.29) is 35.9 Å². The smallest absolute Gasteiger partial charge is 0.256 e. The molecule has 0 unspecified atom stereocenters. The largest absolute Gasteiger partial charge is 0.368 e. The zero-order chi connectivity index (χ0) is 27.2. The molecule has 0 aliphatic carbocycles. The average Bonchev–Trinajstić information content (AvgIpc) is 2.92. The summed E-state index contributed by atoms with van der Waals surface area (Å²) >= 11 is 0. The Morgan fingerprint density at radius 2 is 1.53 bits per heavy atom. The van der Waals surface area contributed by atoms with Crippen LogP contribution in [0.4, 0.5) is 15.8 Å². The second-order valence-electron chi connectivity index (χ2n) is 9.75. The minimum Gasteiger partial charge on any atom is -0.368 e. The first kappa shape index (κ1) is 26.9. The Hall–Kier alpha value is -4.20. The van der Waals surface area contributed by atoms with Crippen LogP contribution in [-0.2, 0) is 4.79 Å². The lowest BCUT2D eigenvalue weighted by Crippen LogP contribution is -2.49. The number of benzene rings is 3. The summed E-state index contributed by atoms with van der Waals surface area (Å²) in [4.78, 5) is 43.8. The lowest BCUT2D eigenvalue weighted by Gasteiger charge is -2.36. The molecule has 38 heavy (non-hydrogen) atoms. The molecule has 3 aromatic rings. The number of carbonyl (C=O) groups is 3. The highest BCUT2D eigenvalue weighted by Gasteiger charge is 2.24. The van der Waals surface area contributed by atoms with Crippen LogP contribution in [0.1, 0.15) is 40.1 Å². The number of halogens is 1. The SMILES string of the molecule is Cc1ccc(C(=O)N(CC(=O)Nc2ccc(N3CCN(C(=O)c4ccccc4F)CC3)cc2)C(C)C)cc1. The molecule has 0 atom stereocenters. The maximum absolute atomic E-state index is 14.0. The van der Waals surface area contributed by atoms with Gasteiger partial charge in [-0.2, -0.15) is 0 Å². The molecule has 0 radical (unpaired) electrons. The lowest BCUT2D eigenvalue weighted by molar-refractivity contribution is -0.117. The summed E-state index contributed by atoms with van der Waals surface area (Å²) in [6, 6.07) is 20.7. The van der Waals surface area contributed by atoms with E-state index in [1.165, 1.54) is 12.1 Å². The topological polar surface area (TPSA) is 73.0 Å². The summed E-state index contributed by atoms with van der Waals surface area (Å²) in [5.74, 6) is -1.25. The van der Waals surface area contributed by atoms with E-state index in [0.717, 1.165) is 11.3 Å². The van der Waals surface area contributed by atoms with Crippen LogP contribution >= 0.6 is 0 Å². The molecule has 1 heterocycles. The van der Waals surface area contributed by atoms with Crippen LogP contribution < -0.4 is 10.2 Å². The molecule has 1 aliphatic rings. The fraction of sp³-hybridized carbons (Fsp3) is 0.300. The van der Waals surface area contributed by atoms with Gasteiger partial charge in [-0.15, -0.1) is 0 Å². The molecule has 1 fully saturated rings. The second-order valence-corrected chi connectivity index (χ2v) is 9.75. The number of amides is 3. The van der Waals surface area contributed by atoms with Crippen LogP contribution in [0.5, 0.6) is 0 Å². The van der Waals surface area contributed by atoms with Gasteiger partial charge in [0.15, 0.2) is 0 Å². The number of hydrogen-bond donors (Lipinski definition) is 1. The number of hydrogen-bond acceptors (Lipinski definition) is 4. The second kappa shape index (κ2) is 11.9. The van der Waals surface area contributed by atoms with Gasteiger partial charge in [-0.25, -0.2) is 4.39 Å². The van der Waals surface area contributed by atoms with Crippen LogP contribution in [0.3, 0.4) is 0 Å². The number of rotatable bonds is 7. The van der Waals surface area contributed by atoms with Crippen molar-refractivity contribution in [2.75, 3.05) is 42.9 Å². The van der Waals surface area contributed by atoms with Crippen molar-refractivity contribution in [3.63, 3.8) is 0 Å². The Morgan fingerprint density at radius 1 is 0.895 bits per heavy atom. The molecule has 3 amide bonds. The highest BCUT2D eigenvalue weighted by molar-refractivity contribution is 5.99. The van der Waals surface area contributed by atoms with Crippen molar-refractivity contribution in [3.05, 3.63) is 95.3 Å². The number of piperazine rings is 1. The van der Waals surface area contributed by atoms with Crippen molar-refractivity contribution in [2.45, 2.75) is 26.8 Å². The van der Waals surface area contributed by atoms with Crippen LogP contribution in [0.2, 0.25) is 0 Å². The van der Waals surface area contributed by atoms with E-state index < -0.39 is 5.82 Å². The van der Waals surface area contributed by atoms with Crippen LogP contribution in [0.25, 0.3) is 0 Å². The minimum absolute atomic E-state index is 0.0515. The van der Waals surface area contributed by atoms with Crippen molar-refractivity contribution >= 4 is 29.1 Å². The van der Waals surface area contributed by atoms with Gasteiger partial charge in [-0.3, -0.25) is 14.4 Å². The first-order valence-corrected chi connectivity index (χ1v) is 12.8. The molecule has 0 bridgehead atoms. The highest BCUT2D eigenvalue weighted by atomic mass is 19.1. The Morgan fingerprint density at radius 3 is 2.13 bits per heavy atom. The van der Waals surface area contributed by atoms with Gasteiger partial charge < -0.3 is 20.0 Å². The number of aryl methyl sites for hydroxylation is 1. The Labute approximate surface area is 222 Å². The molecule has 0 saturated carbocycles. The molecule has 7 nitrogen and oxygen atoms in total. The van der Waals surface area contributed by atoms with E-state index in [1.807, 2.05) is 57.2 Å². The molecular formula is C30H33FN4O3. The third-order valence-corrected chi connectivity index (χ3v) is 6.68. The Bertz CT molecular complexity index is 1280. The molecule has 4 rings (SSSR count). The molecule has 1 saturated heterocycles. The molecule has 1 N–H and O–H groups in total. The fourth-order valence-electron chi connectivity index (χ4n) is 4.43. The van der Waals surface area contributed by atoms with Gasteiger partial charge in [0.25, 0.3) is 11.8 Å². The van der Waals surface area contributed by atoms with Crippen molar-refractivity contribution in [1.82, 2.24) is 9.80 Å². The molecular weight excluding hydrogens is 483 g/mol. The van der Waals surface area contributed by atoms with Crippen molar-refractivity contribution in [2.24, 2.45) is 0 Å². The normalized spacial score (nSPS) is 13.4. The summed E-state index contributed by atoms with van der Waals surface area (Å²) in [6.45, 7) is 7.91. The summed E-state index contributed by atoms with van der Waals surface area (Å²) in [6.07, 6.45) is 0. The van der Waals surface area contributed by atoms with Crippen molar-refractivity contribution < 1.29 is 18.8 Å². The predicted molar refractivity (Wildman–Crippen MR) is 147 cm³/mol. The van der Waals surface area contributed by atoms with E-state index >= 15 is 0 Å². The summed E-state index contributed by atoms with van der Waals surface area (Å²) in [5, 5.41) is 2.88. The fourth-order valence-corrected chi connectivity index (χ4v) is 4.43. The van der Waals surface area contributed by atoms with Gasteiger partial charge in [0.2, 0.25) is 5.91 Å². The molecule has 3 aromatic carbocycles. The number of nitrogens with one attached hydrogen (secondary N) is 1. The average molecular weight is 517 g/mol. The maximum atomic E-state index is 14.0. The zero-order valence-electron chi connectivity index (χ0n) is 22.0. The quantitative estimate of drug-likeness (QED) is 0.499. The summed E-state index contributed by atoms with van der Waals surface area (Å²) < 4.78 is 14.0. The van der Waals surface area contributed by atoms with E-state index in [0.29, 0.717) is 37.4 Å². The Balaban J connectivity index is 1.31. The van der Waals surface area contributed by atoms with Crippen LogP contribution in [-0.4, -0.2) is 66.3 Å². The van der Waals surface area contributed by atoms with Crippen LogP contribution in [0, 0.1) is 12.7 Å². The summed E-state index contributed by atoms with van der Waals surface area (Å²) in [7, 11) is 0. The summed E-state index contributed by atoms with van der Waals surface area (Å²) in [5.41, 5.74) is 3.32. The highest BCUT2D eigenvalue weighted by Crippen LogP contribution is 2.21. The number of nitrogens with zero attached hydrogens (tertiary/aromatic N) is 3. The van der Waals surface area contributed by atoms with E-state index in [1.54, 1.807) is 34.1 Å². The molecule has 0 spiro atoms. The van der Waals surface area contributed by atoms with Crippen molar-refractivity contribution in [1.29, 1.82) is 0 Å². The van der Waals surface area contributed by atoms with E-state index in [4.69, 9.17) is 0 Å². The minimum atomic E-state index is -0.506. The zero-order valence-corrected chi connectivity index (χ0v) is 22.0. The number of anilines is 2. The molecule has 1 aliphatic heterocycles. The lowest BCUT2D eigenvalue weighted by atomic mass is 10.1. The standard InChI is InChI=1S/C30H33FN4O3/c1-21(2)35(29(37)23-10-8-22(3)9-11-23)20-28(36)32-24-12-14-25(15-13-24)33-16-18-34(19-17-33)30(38)26-6-4-5-7-27(26)31/h4-15,21H,16-20H2,1-3H3,(H,32,36). The van der Waals surface area contributed by atoms with Gasteiger partial charge in [0.05, 0.1) is 5.56 Å². The maximum Gasteiger partial charge on any atom is 0.256 e. The van der Waals surface area contributed by atoms with Gasteiger partial charge >= 0.3 is 0 Å².